The third kappa shape index (κ3) is 5.55. The first-order chi connectivity index (χ1) is 16.2. The zero-order valence-electron chi connectivity index (χ0n) is 18.9. The van der Waals surface area contributed by atoms with Crippen molar-refractivity contribution in [2.24, 2.45) is 5.73 Å². The van der Waals surface area contributed by atoms with Crippen LogP contribution in [0.25, 0.3) is 16.9 Å². The van der Waals surface area contributed by atoms with Gasteiger partial charge in [0.1, 0.15) is 0 Å². The van der Waals surface area contributed by atoms with Crippen LogP contribution >= 0.6 is 0 Å². The Balaban J connectivity index is 0.000000588. The number of aromatic nitrogens is 1. The molecule has 9 heteroatoms. The number of primary amides is 1. The molecule has 2 aromatic carbocycles. The van der Waals surface area contributed by atoms with E-state index in [0.29, 0.717) is 23.5 Å². The highest BCUT2D eigenvalue weighted by Gasteiger charge is 2.19. The minimum Gasteiger partial charge on any atom is -0.481 e. The van der Waals surface area contributed by atoms with Gasteiger partial charge in [0.25, 0.3) is 0 Å². The first kappa shape index (κ1) is 24.4. The molecule has 1 aromatic heterocycles. The summed E-state index contributed by atoms with van der Waals surface area (Å²) in [4.78, 5) is 32.0. The molecule has 2 heterocycles. The van der Waals surface area contributed by atoms with E-state index in [0.717, 1.165) is 28.2 Å². The Hall–Kier alpha value is -4.27. The molecular formula is C25H26N2O7. The summed E-state index contributed by atoms with van der Waals surface area (Å²) in [6, 6.07) is 14.8. The van der Waals surface area contributed by atoms with Crippen LogP contribution in [-0.4, -0.2) is 39.4 Å². The van der Waals surface area contributed by atoms with Crippen molar-refractivity contribution in [3.63, 3.8) is 0 Å². The van der Waals surface area contributed by atoms with Crippen molar-refractivity contribution in [3.05, 3.63) is 65.4 Å². The number of rotatable bonds is 7. The summed E-state index contributed by atoms with van der Waals surface area (Å²) in [6.45, 7) is 3.69. The van der Waals surface area contributed by atoms with Crippen molar-refractivity contribution in [1.82, 2.24) is 4.57 Å². The van der Waals surface area contributed by atoms with E-state index in [-0.39, 0.29) is 19.6 Å². The van der Waals surface area contributed by atoms with Crippen LogP contribution in [0.4, 0.5) is 0 Å². The van der Waals surface area contributed by atoms with E-state index in [1.165, 1.54) is 0 Å². The minimum atomic E-state index is -0.858. The van der Waals surface area contributed by atoms with Crippen LogP contribution in [0.3, 0.4) is 0 Å². The molecule has 0 unspecified atom stereocenters. The van der Waals surface area contributed by atoms with Crippen molar-refractivity contribution in [1.29, 1.82) is 0 Å². The van der Waals surface area contributed by atoms with Crippen LogP contribution in [0.5, 0.6) is 11.5 Å². The van der Waals surface area contributed by atoms with Gasteiger partial charge in [-0.1, -0.05) is 6.92 Å². The lowest BCUT2D eigenvalue weighted by Gasteiger charge is -2.17. The van der Waals surface area contributed by atoms with Gasteiger partial charge in [0.15, 0.2) is 11.5 Å². The Kier molecular flexibility index (Phi) is 7.57. The zero-order valence-corrected chi connectivity index (χ0v) is 18.9. The third-order valence-corrected chi connectivity index (χ3v) is 5.25. The van der Waals surface area contributed by atoms with E-state index in [2.05, 4.69) is 0 Å². The highest BCUT2D eigenvalue weighted by atomic mass is 16.7. The van der Waals surface area contributed by atoms with Crippen LogP contribution < -0.4 is 15.2 Å². The lowest BCUT2D eigenvalue weighted by Crippen LogP contribution is -2.12. The standard InChI is InChI=1S/C22H20N2O5.C3H6O2/c1-13-10-15(22(23)27)2-6-17(13)24-16(5-9-21(25)26)4-7-18(24)14-3-8-19-20(11-14)29-12-28-19;1-2-3(4)5/h2-4,6-8,10-11H,5,9,12H2,1H3,(H2,23,27)(H,25,26);2H2,1H3,(H,4,5). The molecule has 0 bridgehead atoms. The SMILES string of the molecule is CCC(=O)O.Cc1cc(C(N)=O)ccc1-n1c(CCC(=O)O)ccc1-c1ccc2c(c1)OCO2. The number of benzene rings is 2. The van der Waals surface area contributed by atoms with Crippen molar-refractivity contribution in [3.8, 4) is 28.4 Å². The maximum absolute atomic E-state index is 11.5. The first-order valence-electron chi connectivity index (χ1n) is 10.7. The van der Waals surface area contributed by atoms with E-state index in [4.69, 9.17) is 25.4 Å². The van der Waals surface area contributed by atoms with Gasteiger partial charge in [-0.2, -0.15) is 0 Å². The molecule has 178 valence electrons. The molecule has 1 aliphatic heterocycles. The number of nitrogens with zero attached hydrogens (tertiary/aromatic N) is 1. The number of hydrogen-bond acceptors (Lipinski definition) is 5. The summed E-state index contributed by atoms with van der Waals surface area (Å²) in [5, 5.41) is 16.8. The average Bonchev–Trinajstić information content (AvgIpc) is 3.44. The van der Waals surface area contributed by atoms with Crippen LogP contribution in [0, 0.1) is 6.92 Å². The van der Waals surface area contributed by atoms with Gasteiger partial charge in [0.05, 0.1) is 12.1 Å². The summed E-state index contributed by atoms with van der Waals surface area (Å²) in [6.07, 6.45) is 0.611. The van der Waals surface area contributed by atoms with Gasteiger partial charge < -0.3 is 30.0 Å². The Labute approximate surface area is 196 Å². The molecule has 4 N–H and O–H groups in total. The van der Waals surface area contributed by atoms with Crippen LogP contribution in [0.15, 0.2) is 48.5 Å². The number of carbonyl (C=O) groups excluding carboxylic acids is 1. The summed E-state index contributed by atoms with van der Waals surface area (Å²) in [5.41, 5.74) is 10.2. The van der Waals surface area contributed by atoms with E-state index in [9.17, 15) is 14.4 Å². The van der Waals surface area contributed by atoms with Crippen molar-refractivity contribution in [2.45, 2.75) is 33.1 Å². The Morgan fingerprint density at radius 3 is 2.29 bits per heavy atom. The van der Waals surface area contributed by atoms with E-state index < -0.39 is 17.8 Å². The topological polar surface area (TPSA) is 141 Å². The van der Waals surface area contributed by atoms with Gasteiger partial charge in [0.2, 0.25) is 12.7 Å². The summed E-state index contributed by atoms with van der Waals surface area (Å²) in [7, 11) is 0. The van der Waals surface area contributed by atoms with Gasteiger partial charge in [-0.3, -0.25) is 14.4 Å². The van der Waals surface area contributed by atoms with Gasteiger partial charge in [-0.15, -0.1) is 0 Å². The quantitative estimate of drug-likeness (QED) is 0.481. The van der Waals surface area contributed by atoms with Crippen molar-refractivity contribution < 1.29 is 34.1 Å². The number of hydrogen-bond donors (Lipinski definition) is 3. The molecule has 9 nitrogen and oxygen atoms in total. The molecule has 34 heavy (non-hydrogen) atoms. The number of carbonyl (C=O) groups is 3. The highest BCUT2D eigenvalue weighted by molar-refractivity contribution is 5.93. The summed E-state index contributed by atoms with van der Waals surface area (Å²) in [5.74, 6) is -0.731. The van der Waals surface area contributed by atoms with Crippen LogP contribution in [0.2, 0.25) is 0 Å². The largest absolute Gasteiger partial charge is 0.481 e. The van der Waals surface area contributed by atoms with E-state index in [1.807, 2.05) is 47.9 Å². The number of ether oxygens (including phenoxy) is 2. The highest BCUT2D eigenvalue weighted by Crippen LogP contribution is 2.37. The molecular weight excluding hydrogens is 440 g/mol. The van der Waals surface area contributed by atoms with Gasteiger partial charge in [-0.25, -0.2) is 0 Å². The minimum absolute atomic E-state index is 0.0169. The molecule has 1 amide bonds. The summed E-state index contributed by atoms with van der Waals surface area (Å²) >= 11 is 0. The number of carboxylic acid groups (broad SMARTS) is 2. The second-order valence-electron chi connectivity index (χ2n) is 7.62. The van der Waals surface area contributed by atoms with Gasteiger partial charge >= 0.3 is 11.9 Å². The van der Waals surface area contributed by atoms with E-state index in [1.54, 1.807) is 19.1 Å². The molecule has 0 atom stereocenters. The molecule has 0 aliphatic carbocycles. The second-order valence-corrected chi connectivity index (χ2v) is 7.62. The molecule has 0 fully saturated rings. The number of aliphatic carboxylic acids is 2. The third-order valence-electron chi connectivity index (χ3n) is 5.25. The number of nitrogens with two attached hydrogens (primary N) is 1. The van der Waals surface area contributed by atoms with Crippen molar-refractivity contribution in [2.75, 3.05) is 6.79 Å². The summed E-state index contributed by atoms with van der Waals surface area (Å²) < 4.78 is 12.9. The van der Waals surface area contributed by atoms with E-state index >= 15 is 0 Å². The maximum atomic E-state index is 11.5. The van der Waals surface area contributed by atoms with Crippen LogP contribution in [-0.2, 0) is 16.0 Å². The number of carboxylic acids is 2. The molecule has 0 radical (unpaired) electrons. The molecule has 0 spiro atoms. The number of aryl methyl sites for hydroxylation is 2. The maximum Gasteiger partial charge on any atom is 0.303 e. The smallest absolute Gasteiger partial charge is 0.303 e. The Morgan fingerprint density at radius 2 is 1.68 bits per heavy atom. The zero-order chi connectivity index (χ0) is 24.8. The van der Waals surface area contributed by atoms with Gasteiger partial charge in [-0.05, 0) is 67.4 Å². The molecule has 3 aromatic rings. The molecule has 0 saturated carbocycles. The molecule has 1 aliphatic rings. The lowest BCUT2D eigenvalue weighted by molar-refractivity contribution is -0.137. The molecule has 0 saturated heterocycles. The fourth-order valence-corrected chi connectivity index (χ4v) is 3.53. The predicted molar refractivity (Wildman–Crippen MR) is 124 cm³/mol. The molecule has 4 rings (SSSR count). The monoisotopic (exact) mass is 466 g/mol. The average molecular weight is 466 g/mol. The Morgan fingerprint density at radius 1 is 0.971 bits per heavy atom. The number of fused-ring (bicyclic) bond motifs is 1. The van der Waals surface area contributed by atoms with Crippen LogP contribution in [0.1, 0.15) is 41.4 Å². The lowest BCUT2D eigenvalue weighted by atomic mass is 10.1. The fraction of sp³-hybridized carbons (Fsp3) is 0.240. The number of amides is 1. The first-order valence-corrected chi connectivity index (χ1v) is 10.7. The Bertz CT molecular complexity index is 1230. The van der Waals surface area contributed by atoms with Gasteiger partial charge in [0, 0.05) is 28.9 Å². The second kappa shape index (κ2) is 10.6. The fourth-order valence-electron chi connectivity index (χ4n) is 3.53. The van der Waals surface area contributed by atoms with Crippen molar-refractivity contribution >= 4 is 17.8 Å². The predicted octanol–water partition coefficient (Wildman–Crippen LogP) is 3.78. The normalized spacial score (nSPS) is 11.5.